The second kappa shape index (κ2) is 9.71. The van der Waals surface area contributed by atoms with Crippen LogP contribution in [0.5, 0.6) is 11.5 Å². The van der Waals surface area contributed by atoms with Gasteiger partial charge in [0.15, 0.2) is 11.5 Å². The first-order chi connectivity index (χ1) is 10.2. The third kappa shape index (κ3) is 4.35. The van der Waals surface area contributed by atoms with Gasteiger partial charge in [-0.1, -0.05) is 0 Å². The molecule has 126 valence electrons. The lowest BCUT2D eigenvalue weighted by atomic mass is 9.87. The van der Waals surface area contributed by atoms with Crippen molar-refractivity contribution in [2.75, 3.05) is 31.5 Å². The predicted molar refractivity (Wildman–Crippen MR) is 95.4 cm³/mol. The first kappa shape index (κ1) is 19.7. The van der Waals surface area contributed by atoms with Crippen LogP contribution in [0.4, 0.5) is 0 Å². The van der Waals surface area contributed by atoms with Gasteiger partial charge in [-0.2, -0.15) is 0 Å². The number of hydrogen-bond donors (Lipinski definition) is 1. The normalized spacial score (nSPS) is 16.9. The van der Waals surface area contributed by atoms with E-state index >= 15 is 0 Å². The second-order valence-corrected chi connectivity index (χ2v) is 5.73. The fraction of sp³-hybridized carbons (Fsp3) is 0.625. The highest BCUT2D eigenvalue weighted by atomic mass is 35.5. The fourth-order valence-corrected chi connectivity index (χ4v) is 3.46. The zero-order valence-electron chi connectivity index (χ0n) is 13.0. The van der Waals surface area contributed by atoms with Crippen LogP contribution in [0, 0.1) is 5.92 Å². The lowest BCUT2D eigenvalue weighted by Crippen LogP contribution is -2.36. The van der Waals surface area contributed by atoms with Crippen LogP contribution >= 0.6 is 35.6 Å². The minimum Gasteiger partial charge on any atom is -0.490 e. The number of fused-ring (bicyclic) bond motifs is 1. The van der Waals surface area contributed by atoms with Crippen LogP contribution in [0.3, 0.4) is 0 Å². The summed E-state index contributed by atoms with van der Waals surface area (Å²) in [5, 5.41) is 3.53. The SMILES string of the molecule is CCOc1cc2c(cc1OCC)C(C(CCl)CCl)NCC2.Cl. The van der Waals surface area contributed by atoms with Gasteiger partial charge in [0.1, 0.15) is 0 Å². The van der Waals surface area contributed by atoms with Crippen LogP contribution in [0.25, 0.3) is 0 Å². The Balaban J connectivity index is 0.00000242. The largest absolute Gasteiger partial charge is 0.490 e. The molecule has 22 heavy (non-hydrogen) atoms. The lowest BCUT2D eigenvalue weighted by Gasteiger charge is -2.32. The molecule has 0 spiro atoms. The molecule has 1 aromatic carbocycles. The number of alkyl halides is 2. The van der Waals surface area contributed by atoms with Gasteiger partial charge in [0.2, 0.25) is 0 Å². The first-order valence-electron chi connectivity index (χ1n) is 7.52. The van der Waals surface area contributed by atoms with Crippen LogP contribution in [-0.2, 0) is 6.42 Å². The zero-order chi connectivity index (χ0) is 15.2. The summed E-state index contributed by atoms with van der Waals surface area (Å²) in [4.78, 5) is 0. The Morgan fingerprint density at radius 2 is 1.73 bits per heavy atom. The highest BCUT2D eigenvalue weighted by Crippen LogP contribution is 2.38. The van der Waals surface area contributed by atoms with Gasteiger partial charge in [-0.05, 0) is 50.1 Å². The van der Waals surface area contributed by atoms with Crippen LogP contribution in [0.2, 0.25) is 0 Å². The molecule has 1 aromatic rings. The van der Waals surface area contributed by atoms with Gasteiger partial charge in [-0.15, -0.1) is 35.6 Å². The van der Waals surface area contributed by atoms with E-state index in [-0.39, 0.29) is 24.4 Å². The summed E-state index contributed by atoms with van der Waals surface area (Å²) in [6.07, 6.45) is 0.982. The molecule has 3 nitrogen and oxygen atoms in total. The highest BCUT2D eigenvalue weighted by Gasteiger charge is 2.28. The van der Waals surface area contributed by atoms with Crippen molar-refractivity contribution in [2.24, 2.45) is 5.92 Å². The Morgan fingerprint density at radius 3 is 2.27 bits per heavy atom. The van der Waals surface area contributed by atoms with Crippen molar-refractivity contribution < 1.29 is 9.47 Å². The molecule has 1 aliphatic rings. The molecular formula is C16H24Cl3NO2. The number of halogens is 3. The quantitative estimate of drug-likeness (QED) is 0.732. The van der Waals surface area contributed by atoms with E-state index in [2.05, 4.69) is 17.4 Å². The van der Waals surface area contributed by atoms with Crippen LogP contribution in [0.15, 0.2) is 12.1 Å². The number of benzene rings is 1. The van der Waals surface area contributed by atoms with Gasteiger partial charge in [-0.3, -0.25) is 0 Å². The molecule has 0 amide bonds. The molecule has 2 rings (SSSR count). The molecule has 0 saturated heterocycles. The second-order valence-electron chi connectivity index (χ2n) is 5.11. The van der Waals surface area contributed by atoms with Gasteiger partial charge in [-0.25, -0.2) is 0 Å². The van der Waals surface area contributed by atoms with Crippen molar-refractivity contribution in [3.63, 3.8) is 0 Å². The van der Waals surface area contributed by atoms with E-state index in [0.717, 1.165) is 24.5 Å². The summed E-state index contributed by atoms with van der Waals surface area (Å²) < 4.78 is 11.4. The smallest absolute Gasteiger partial charge is 0.161 e. The van der Waals surface area contributed by atoms with Gasteiger partial charge in [0.25, 0.3) is 0 Å². The van der Waals surface area contributed by atoms with Gasteiger partial charge in [0.05, 0.1) is 13.2 Å². The number of nitrogens with one attached hydrogen (secondary N) is 1. The van der Waals surface area contributed by atoms with Crippen molar-refractivity contribution in [3.05, 3.63) is 23.3 Å². The van der Waals surface area contributed by atoms with Gasteiger partial charge >= 0.3 is 0 Å². The molecule has 6 heteroatoms. The Labute approximate surface area is 149 Å². The van der Waals surface area contributed by atoms with E-state index in [1.165, 1.54) is 11.1 Å². The summed E-state index contributed by atoms with van der Waals surface area (Å²) in [5.41, 5.74) is 2.53. The molecule has 0 fully saturated rings. The third-order valence-corrected chi connectivity index (χ3v) is 4.56. The maximum Gasteiger partial charge on any atom is 0.161 e. The molecule has 1 N–H and O–H groups in total. The molecule has 1 aliphatic heterocycles. The summed E-state index contributed by atoms with van der Waals surface area (Å²) in [6.45, 7) is 6.14. The number of hydrogen-bond acceptors (Lipinski definition) is 3. The molecule has 1 heterocycles. The average molecular weight is 369 g/mol. The average Bonchev–Trinajstić information content (AvgIpc) is 2.50. The minimum atomic E-state index is 0. The summed E-state index contributed by atoms with van der Waals surface area (Å²) >= 11 is 12.1. The van der Waals surface area contributed by atoms with E-state index in [1.54, 1.807) is 0 Å². The van der Waals surface area contributed by atoms with Crippen molar-refractivity contribution in [1.29, 1.82) is 0 Å². The predicted octanol–water partition coefficient (Wildman–Crippen LogP) is 4.19. The lowest BCUT2D eigenvalue weighted by molar-refractivity contribution is 0.285. The van der Waals surface area contributed by atoms with Crippen molar-refractivity contribution >= 4 is 35.6 Å². The topological polar surface area (TPSA) is 30.5 Å². The Morgan fingerprint density at radius 1 is 1.14 bits per heavy atom. The van der Waals surface area contributed by atoms with Crippen molar-refractivity contribution in [1.82, 2.24) is 5.32 Å². The Kier molecular flexibility index (Phi) is 8.70. The molecule has 0 radical (unpaired) electrons. The van der Waals surface area contributed by atoms with Crippen LogP contribution < -0.4 is 14.8 Å². The van der Waals surface area contributed by atoms with E-state index in [1.807, 2.05) is 13.8 Å². The monoisotopic (exact) mass is 367 g/mol. The molecule has 1 atom stereocenters. The maximum absolute atomic E-state index is 6.07. The fourth-order valence-electron chi connectivity index (χ4n) is 2.77. The van der Waals surface area contributed by atoms with Gasteiger partial charge in [0, 0.05) is 23.7 Å². The Bertz CT molecular complexity index is 467. The van der Waals surface area contributed by atoms with E-state index < -0.39 is 0 Å². The Hall–Kier alpha value is -0.350. The summed E-state index contributed by atoms with van der Waals surface area (Å²) in [7, 11) is 0. The van der Waals surface area contributed by atoms with Crippen molar-refractivity contribution in [3.8, 4) is 11.5 Å². The van der Waals surface area contributed by atoms with Crippen LogP contribution in [-0.4, -0.2) is 31.5 Å². The molecular weight excluding hydrogens is 345 g/mol. The van der Waals surface area contributed by atoms with Gasteiger partial charge < -0.3 is 14.8 Å². The molecule has 0 aromatic heterocycles. The summed E-state index contributed by atoms with van der Waals surface area (Å²) in [6, 6.07) is 4.38. The van der Waals surface area contributed by atoms with E-state index in [4.69, 9.17) is 32.7 Å². The standard InChI is InChI=1S/C16H23Cl2NO2.ClH/c1-3-20-14-7-11-5-6-19-16(12(9-17)10-18)13(11)8-15(14)21-4-2;/h7-8,12,16,19H,3-6,9-10H2,1-2H3;1H. The molecule has 0 saturated carbocycles. The summed E-state index contributed by atoms with van der Waals surface area (Å²) in [5.74, 6) is 2.91. The minimum absolute atomic E-state index is 0. The number of rotatable bonds is 7. The molecule has 0 aliphatic carbocycles. The highest BCUT2D eigenvalue weighted by molar-refractivity contribution is 6.20. The third-order valence-electron chi connectivity index (χ3n) is 3.77. The maximum atomic E-state index is 6.07. The number of ether oxygens (including phenoxy) is 2. The van der Waals surface area contributed by atoms with E-state index in [9.17, 15) is 0 Å². The van der Waals surface area contributed by atoms with E-state index in [0.29, 0.717) is 25.0 Å². The molecule has 0 bridgehead atoms. The van der Waals surface area contributed by atoms with Crippen molar-refractivity contribution in [2.45, 2.75) is 26.3 Å². The van der Waals surface area contributed by atoms with Crippen LogP contribution in [0.1, 0.15) is 31.0 Å². The molecule has 1 unspecified atom stereocenters. The first-order valence-corrected chi connectivity index (χ1v) is 8.59. The zero-order valence-corrected chi connectivity index (χ0v) is 15.4.